The second-order valence-electron chi connectivity index (χ2n) is 6.87. The van der Waals surface area contributed by atoms with Crippen LogP contribution in [0.15, 0.2) is 47.4 Å². The number of carbonyl (C=O) groups is 1. The monoisotopic (exact) mass is 479 g/mol. The Hall–Kier alpha value is -2.21. The first-order valence-electron chi connectivity index (χ1n) is 9.11. The molecule has 0 bridgehead atoms. The number of alkyl halides is 3. The summed E-state index contributed by atoms with van der Waals surface area (Å²) in [5, 5.41) is 2.38. The number of hydrogen-bond donors (Lipinski definition) is 1. The molecular formula is C19H18ClF4N3O3S. The Bertz CT molecular complexity index is 1050. The number of rotatable bonds is 5. The van der Waals surface area contributed by atoms with Gasteiger partial charge in [-0.1, -0.05) is 11.6 Å². The first-order chi connectivity index (χ1) is 14.5. The SMILES string of the molecule is O=C(CN1CCN(S(=O)(=O)c2ccc(Cl)cc2C(F)(F)F)CC1)Nc1ccc(F)cc1. The summed E-state index contributed by atoms with van der Waals surface area (Å²) in [4.78, 5) is 13.0. The highest BCUT2D eigenvalue weighted by Gasteiger charge is 2.40. The molecule has 1 saturated heterocycles. The highest BCUT2D eigenvalue weighted by atomic mass is 35.5. The van der Waals surface area contributed by atoms with Crippen LogP contribution in [0.2, 0.25) is 5.02 Å². The van der Waals surface area contributed by atoms with Gasteiger partial charge < -0.3 is 5.32 Å². The Morgan fingerprint density at radius 1 is 1.03 bits per heavy atom. The van der Waals surface area contributed by atoms with E-state index in [9.17, 15) is 30.8 Å². The van der Waals surface area contributed by atoms with Gasteiger partial charge in [-0.05, 0) is 42.5 Å². The second-order valence-corrected chi connectivity index (χ2v) is 9.22. The molecule has 1 aliphatic heterocycles. The van der Waals surface area contributed by atoms with Crippen molar-refractivity contribution < 1.29 is 30.8 Å². The molecule has 0 radical (unpaired) electrons. The van der Waals surface area contributed by atoms with E-state index in [-0.39, 0.29) is 43.7 Å². The Balaban J connectivity index is 1.64. The molecule has 1 N–H and O–H groups in total. The van der Waals surface area contributed by atoms with Crippen molar-refractivity contribution in [3.63, 3.8) is 0 Å². The zero-order chi connectivity index (χ0) is 22.8. The lowest BCUT2D eigenvalue weighted by molar-refractivity contribution is -0.140. The minimum absolute atomic E-state index is 0.0417. The molecular weight excluding hydrogens is 462 g/mol. The van der Waals surface area contributed by atoms with Gasteiger partial charge in [0.05, 0.1) is 17.0 Å². The largest absolute Gasteiger partial charge is 0.417 e. The molecule has 0 unspecified atom stereocenters. The van der Waals surface area contributed by atoms with Gasteiger partial charge in [0.1, 0.15) is 5.82 Å². The number of anilines is 1. The van der Waals surface area contributed by atoms with E-state index in [4.69, 9.17) is 11.6 Å². The van der Waals surface area contributed by atoms with Crippen molar-refractivity contribution in [2.75, 3.05) is 38.0 Å². The second kappa shape index (κ2) is 9.11. The van der Waals surface area contributed by atoms with E-state index in [0.717, 1.165) is 16.4 Å². The van der Waals surface area contributed by atoms with Crippen molar-refractivity contribution in [1.29, 1.82) is 0 Å². The molecule has 0 saturated carbocycles. The van der Waals surface area contributed by atoms with E-state index in [0.29, 0.717) is 11.8 Å². The van der Waals surface area contributed by atoms with Gasteiger partial charge >= 0.3 is 6.18 Å². The molecule has 1 amide bonds. The van der Waals surface area contributed by atoms with Crippen molar-refractivity contribution in [3.8, 4) is 0 Å². The Labute approximate surface area is 181 Å². The first kappa shape index (κ1) is 23.5. The van der Waals surface area contributed by atoms with Crippen molar-refractivity contribution in [3.05, 3.63) is 58.9 Å². The molecule has 1 aliphatic rings. The molecule has 6 nitrogen and oxygen atoms in total. The molecule has 2 aromatic carbocycles. The van der Waals surface area contributed by atoms with Crippen LogP contribution in [0.3, 0.4) is 0 Å². The number of benzene rings is 2. The lowest BCUT2D eigenvalue weighted by Crippen LogP contribution is -2.50. The van der Waals surface area contributed by atoms with E-state index in [1.165, 1.54) is 24.3 Å². The number of amides is 1. The average Bonchev–Trinajstić information content (AvgIpc) is 2.69. The van der Waals surface area contributed by atoms with Gasteiger partial charge in [-0.3, -0.25) is 9.69 Å². The van der Waals surface area contributed by atoms with Crippen LogP contribution in [0, 0.1) is 5.82 Å². The quantitative estimate of drug-likeness (QED) is 0.667. The molecule has 0 aromatic heterocycles. The summed E-state index contributed by atoms with van der Waals surface area (Å²) in [6, 6.07) is 7.74. The van der Waals surface area contributed by atoms with Crippen LogP contribution in [-0.2, 0) is 21.0 Å². The fraction of sp³-hybridized carbons (Fsp3) is 0.316. The third-order valence-corrected chi connectivity index (χ3v) is 6.88. The van der Waals surface area contributed by atoms with Crippen LogP contribution in [0.25, 0.3) is 0 Å². The number of halogens is 5. The molecule has 168 valence electrons. The van der Waals surface area contributed by atoms with Gasteiger partial charge in [0, 0.05) is 36.9 Å². The lowest BCUT2D eigenvalue weighted by Gasteiger charge is -2.34. The van der Waals surface area contributed by atoms with Gasteiger partial charge in [0.15, 0.2) is 0 Å². The third-order valence-electron chi connectivity index (χ3n) is 4.69. The van der Waals surface area contributed by atoms with Crippen LogP contribution in [0.1, 0.15) is 5.56 Å². The highest BCUT2D eigenvalue weighted by molar-refractivity contribution is 7.89. The molecule has 0 aliphatic carbocycles. The predicted molar refractivity (Wildman–Crippen MR) is 107 cm³/mol. The first-order valence-corrected chi connectivity index (χ1v) is 10.9. The maximum atomic E-state index is 13.3. The summed E-state index contributed by atoms with van der Waals surface area (Å²) in [5.74, 6) is -0.815. The molecule has 2 aromatic rings. The number of carbonyl (C=O) groups excluding carboxylic acids is 1. The number of piperazine rings is 1. The minimum atomic E-state index is -4.88. The zero-order valence-corrected chi connectivity index (χ0v) is 17.6. The minimum Gasteiger partial charge on any atom is -0.325 e. The predicted octanol–water partition coefficient (Wildman–Crippen LogP) is 3.44. The van der Waals surface area contributed by atoms with Gasteiger partial charge in [0.2, 0.25) is 15.9 Å². The number of hydrogen-bond acceptors (Lipinski definition) is 4. The molecule has 12 heteroatoms. The van der Waals surface area contributed by atoms with Crippen molar-refractivity contribution in [2.45, 2.75) is 11.1 Å². The van der Waals surface area contributed by atoms with Crippen LogP contribution in [-0.4, -0.2) is 56.3 Å². The molecule has 1 fully saturated rings. The van der Waals surface area contributed by atoms with E-state index in [2.05, 4.69) is 5.32 Å². The smallest absolute Gasteiger partial charge is 0.325 e. The summed E-state index contributed by atoms with van der Waals surface area (Å²) in [5.41, 5.74) is -0.906. The fourth-order valence-corrected chi connectivity index (χ4v) is 4.94. The highest BCUT2D eigenvalue weighted by Crippen LogP contribution is 2.37. The summed E-state index contributed by atoms with van der Waals surface area (Å²) < 4.78 is 79.5. The lowest BCUT2D eigenvalue weighted by atomic mass is 10.2. The standard InChI is InChI=1S/C19H18ClF4N3O3S/c20-13-1-6-17(16(11-13)19(22,23)24)31(29,30)27-9-7-26(8-10-27)12-18(28)25-15-4-2-14(21)3-5-15/h1-6,11H,7-10,12H2,(H,25,28). The summed E-state index contributed by atoms with van der Waals surface area (Å²) >= 11 is 5.62. The maximum absolute atomic E-state index is 13.3. The molecule has 0 spiro atoms. The van der Waals surface area contributed by atoms with Crippen molar-refractivity contribution in [2.24, 2.45) is 0 Å². The van der Waals surface area contributed by atoms with Crippen molar-refractivity contribution in [1.82, 2.24) is 9.21 Å². The topological polar surface area (TPSA) is 69.7 Å². The molecule has 1 heterocycles. The summed E-state index contributed by atoms with van der Waals surface area (Å²) in [6.45, 7) is 0.119. The summed E-state index contributed by atoms with van der Waals surface area (Å²) in [7, 11) is -4.41. The molecule has 31 heavy (non-hydrogen) atoms. The Morgan fingerprint density at radius 2 is 1.65 bits per heavy atom. The Kier molecular flexibility index (Phi) is 6.89. The van der Waals surface area contributed by atoms with Crippen LogP contribution >= 0.6 is 11.6 Å². The zero-order valence-electron chi connectivity index (χ0n) is 16.0. The van der Waals surface area contributed by atoms with Gasteiger partial charge in [0.25, 0.3) is 0 Å². The number of nitrogens with one attached hydrogen (secondary N) is 1. The normalized spacial score (nSPS) is 16.3. The average molecular weight is 480 g/mol. The van der Waals surface area contributed by atoms with Gasteiger partial charge in [-0.25, -0.2) is 12.8 Å². The fourth-order valence-electron chi connectivity index (χ4n) is 3.15. The summed E-state index contributed by atoms with van der Waals surface area (Å²) in [6.07, 6.45) is -4.88. The van der Waals surface area contributed by atoms with Crippen LogP contribution < -0.4 is 5.32 Å². The molecule has 0 atom stereocenters. The van der Waals surface area contributed by atoms with E-state index >= 15 is 0 Å². The Morgan fingerprint density at radius 3 is 2.23 bits per heavy atom. The van der Waals surface area contributed by atoms with E-state index < -0.39 is 32.5 Å². The van der Waals surface area contributed by atoms with E-state index in [1.807, 2.05) is 0 Å². The number of sulfonamides is 1. The van der Waals surface area contributed by atoms with Gasteiger partial charge in [-0.15, -0.1) is 0 Å². The van der Waals surface area contributed by atoms with Crippen LogP contribution in [0.4, 0.5) is 23.2 Å². The molecule has 3 rings (SSSR count). The van der Waals surface area contributed by atoms with Crippen LogP contribution in [0.5, 0.6) is 0 Å². The number of nitrogens with zero attached hydrogens (tertiary/aromatic N) is 2. The third kappa shape index (κ3) is 5.73. The maximum Gasteiger partial charge on any atom is 0.417 e. The van der Waals surface area contributed by atoms with Crippen molar-refractivity contribution >= 4 is 33.2 Å². The van der Waals surface area contributed by atoms with Gasteiger partial charge in [-0.2, -0.15) is 17.5 Å². The van der Waals surface area contributed by atoms with E-state index in [1.54, 1.807) is 4.90 Å².